The van der Waals surface area contributed by atoms with Crippen LogP contribution in [0.3, 0.4) is 0 Å². The van der Waals surface area contributed by atoms with Crippen LogP contribution >= 0.6 is 0 Å². The fourth-order valence-corrected chi connectivity index (χ4v) is 4.54. The quantitative estimate of drug-likeness (QED) is 0.748. The third-order valence-corrected chi connectivity index (χ3v) is 6.18. The van der Waals surface area contributed by atoms with Gasteiger partial charge in [-0.1, -0.05) is 49.6 Å². The van der Waals surface area contributed by atoms with Crippen LogP contribution < -0.4 is 0 Å². The molecule has 1 aromatic carbocycles. The summed E-state index contributed by atoms with van der Waals surface area (Å²) < 4.78 is 0. The van der Waals surface area contributed by atoms with Crippen LogP contribution in [-0.2, 0) is 5.60 Å². The summed E-state index contributed by atoms with van der Waals surface area (Å²) in [5, 5.41) is 19.0. The van der Waals surface area contributed by atoms with Crippen LogP contribution in [0.1, 0.15) is 44.1 Å². The topological polar surface area (TPSA) is 50.6 Å². The van der Waals surface area contributed by atoms with Crippen LogP contribution in [0.2, 0.25) is 0 Å². The van der Waals surface area contributed by atoms with E-state index in [1.807, 2.05) is 6.07 Å². The van der Waals surface area contributed by atoms with Gasteiger partial charge >= 0.3 is 0 Å². The summed E-state index contributed by atoms with van der Waals surface area (Å²) in [7, 11) is 0. The third-order valence-electron chi connectivity index (χ3n) is 6.18. The van der Waals surface area contributed by atoms with Gasteiger partial charge < -0.3 is 15.4 Å². The standard InChI is InChI=1S/C21H33N3O/c22-12-14-24-17-15-23(16-18-24)13-11-21(25,19-7-3-1-4-8-19)20-9-5-2-6-10-20/h1,3-4,7-8,12,20,22,25H,2,5-6,9-11,13-18H2. The Morgan fingerprint density at radius 3 is 2.28 bits per heavy atom. The zero-order valence-corrected chi connectivity index (χ0v) is 15.4. The molecule has 1 aliphatic carbocycles. The molecular weight excluding hydrogens is 310 g/mol. The number of hydrogen-bond donors (Lipinski definition) is 2. The first-order valence-corrected chi connectivity index (χ1v) is 9.94. The van der Waals surface area contributed by atoms with Crippen LogP contribution in [0.15, 0.2) is 30.3 Å². The van der Waals surface area contributed by atoms with E-state index in [1.54, 1.807) is 0 Å². The highest BCUT2D eigenvalue weighted by Crippen LogP contribution is 2.41. The molecule has 0 spiro atoms. The first-order chi connectivity index (χ1) is 12.2. The van der Waals surface area contributed by atoms with Gasteiger partial charge in [-0.15, -0.1) is 0 Å². The Morgan fingerprint density at radius 2 is 1.64 bits per heavy atom. The number of benzene rings is 1. The van der Waals surface area contributed by atoms with Crippen molar-refractivity contribution < 1.29 is 5.11 Å². The lowest BCUT2D eigenvalue weighted by molar-refractivity contribution is -0.0539. The fourth-order valence-electron chi connectivity index (χ4n) is 4.54. The Labute approximate surface area is 152 Å². The zero-order valence-electron chi connectivity index (χ0n) is 15.4. The molecular formula is C21H33N3O. The van der Waals surface area contributed by atoms with E-state index in [0.29, 0.717) is 5.92 Å². The van der Waals surface area contributed by atoms with Gasteiger partial charge in [0, 0.05) is 45.5 Å². The van der Waals surface area contributed by atoms with Gasteiger partial charge in [-0.25, -0.2) is 0 Å². The normalized spacial score (nSPS) is 23.2. The van der Waals surface area contributed by atoms with E-state index in [1.165, 1.54) is 25.5 Å². The molecule has 1 aliphatic heterocycles. The van der Waals surface area contributed by atoms with Gasteiger partial charge in [0.1, 0.15) is 0 Å². The molecule has 0 bridgehead atoms. The van der Waals surface area contributed by atoms with E-state index in [0.717, 1.165) is 64.1 Å². The van der Waals surface area contributed by atoms with Gasteiger partial charge in [0.15, 0.2) is 0 Å². The van der Waals surface area contributed by atoms with Crippen molar-refractivity contribution in [3.63, 3.8) is 0 Å². The summed E-state index contributed by atoms with van der Waals surface area (Å²) in [5.74, 6) is 0.392. The van der Waals surface area contributed by atoms with E-state index in [-0.39, 0.29) is 0 Å². The summed E-state index contributed by atoms with van der Waals surface area (Å²) in [4.78, 5) is 4.81. The summed E-state index contributed by atoms with van der Waals surface area (Å²) >= 11 is 0. The largest absolute Gasteiger partial charge is 0.385 e. The number of aliphatic hydroxyl groups is 1. The molecule has 2 N–H and O–H groups in total. The lowest BCUT2D eigenvalue weighted by Gasteiger charge is -2.41. The van der Waals surface area contributed by atoms with E-state index < -0.39 is 5.60 Å². The predicted molar refractivity (Wildman–Crippen MR) is 103 cm³/mol. The molecule has 2 aliphatic rings. The minimum atomic E-state index is -0.687. The van der Waals surface area contributed by atoms with Crippen molar-refractivity contribution in [3.05, 3.63) is 35.9 Å². The molecule has 1 atom stereocenters. The monoisotopic (exact) mass is 343 g/mol. The van der Waals surface area contributed by atoms with Crippen molar-refractivity contribution in [3.8, 4) is 0 Å². The SMILES string of the molecule is N=CCN1CCN(CCC(O)(c2ccccc2)C2CCCCC2)CC1. The lowest BCUT2D eigenvalue weighted by atomic mass is 9.71. The highest BCUT2D eigenvalue weighted by atomic mass is 16.3. The second-order valence-electron chi connectivity index (χ2n) is 7.72. The third kappa shape index (κ3) is 4.69. The Kier molecular flexibility index (Phi) is 6.63. The van der Waals surface area contributed by atoms with Crippen LogP contribution in [0, 0.1) is 11.3 Å². The first kappa shape index (κ1) is 18.6. The summed E-state index contributed by atoms with van der Waals surface area (Å²) in [6.45, 7) is 5.88. The molecule has 0 radical (unpaired) electrons. The van der Waals surface area contributed by atoms with Crippen molar-refractivity contribution in [2.75, 3.05) is 39.3 Å². The van der Waals surface area contributed by atoms with Crippen molar-refractivity contribution in [2.24, 2.45) is 5.92 Å². The molecule has 138 valence electrons. The zero-order chi connectivity index (χ0) is 17.5. The molecule has 0 amide bonds. The maximum atomic E-state index is 11.7. The predicted octanol–water partition coefficient (Wildman–Crippen LogP) is 3.11. The number of hydrogen-bond acceptors (Lipinski definition) is 4. The van der Waals surface area contributed by atoms with Crippen LogP contribution in [0.5, 0.6) is 0 Å². The first-order valence-electron chi connectivity index (χ1n) is 9.94. The number of nitrogens with zero attached hydrogens (tertiary/aromatic N) is 2. The van der Waals surface area contributed by atoms with Gasteiger partial charge in [-0.3, -0.25) is 4.90 Å². The molecule has 1 aromatic rings. The van der Waals surface area contributed by atoms with Gasteiger partial charge in [0.2, 0.25) is 0 Å². The molecule has 4 nitrogen and oxygen atoms in total. The van der Waals surface area contributed by atoms with Crippen molar-refractivity contribution in [1.82, 2.24) is 9.80 Å². The van der Waals surface area contributed by atoms with E-state index >= 15 is 0 Å². The number of piperazine rings is 1. The molecule has 3 rings (SSSR count). The maximum Gasteiger partial charge on any atom is 0.0936 e. The van der Waals surface area contributed by atoms with Crippen molar-refractivity contribution >= 4 is 6.21 Å². The van der Waals surface area contributed by atoms with Crippen LogP contribution in [0.25, 0.3) is 0 Å². The molecule has 1 saturated carbocycles. The minimum Gasteiger partial charge on any atom is -0.385 e. The molecule has 1 unspecified atom stereocenters. The molecule has 1 heterocycles. The van der Waals surface area contributed by atoms with Gasteiger partial charge in [0.25, 0.3) is 0 Å². The smallest absolute Gasteiger partial charge is 0.0936 e. The van der Waals surface area contributed by atoms with E-state index in [9.17, 15) is 5.11 Å². The van der Waals surface area contributed by atoms with Gasteiger partial charge in [-0.2, -0.15) is 0 Å². The number of rotatable bonds is 7. The molecule has 0 aromatic heterocycles. The number of nitrogens with one attached hydrogen (secondary N) is 1. The second kappa shape index (κ2) is 8.93. The van der Waals surface area contributed by atoms with Crippen LogP contribution in [0.4, 0.5) is 0 Å². The Morgan fingerprint density at radius 1 is 1.00 bits per heavy atom. The Balaban J connectivity index is 1.63. The minimum absolute atomic E-state index is 0.392. The Hall–Kier alpha value is -1.23. The highest BCUT2D eigenvalue weighted by Gasteiger charge is 2.38. The lowest BCUT2D eigenvalue weighted by Crippen LogP contribution is -2.48. The van der Waals surface area contributed by atoms with Crippen LogP contribution in [-0.4, -0.2) is 60.4 Å². The summed E-state index contributed by atoms with van der Waals surface area (Å²) in [5.41, 5.74) is 0.415. The van der Waals surface area contributed by atoms with Gasteiger partial charge in [-0.05, 0) is 30.7 Å². The Bertz CT molecular complexity index is 521. The molecule has 2 fully saturated rings. The van der Waals surface area contributed by atoms with E-state index in [4.69, 9.17) is 5.41 Å². The fraction of sp³-hybridized carbons (Fsp3) is 0.667. The highest BCUT2D eigenvalue weighted by molar-refractivity contribution is 5.55. The molecule has 4 heteroatoms. The van der Waals surface area contributed by atoms with Gasteiger partial charge in [0.05, 0.1) is 5.60 Å². The average molecular weight is 344 g/mol. The second-order valence-corrected chi connectivity index (χ2v) is 7.72. The molecule has 25 heavy (non-hydrogen) atoms. The van der Waals surface area contributed by atoms with Crippen molar-refractivity contribution in [1.29, 1.82) is 5.41 Å². The average Bonchev–Trinajstić information content (AvgIpc) is 2.69. The van der Waals surface area contributed by atoms with Crippen molar-refractivity contribution in [2.45, 2.75) is 44.1 Å². The molecule has 1 saturated heterocycles. The maximum absolute atomic E-state index is 11.7. The summed E-state index contributed by atoms with van der Waals surface area (Å²) in [6, 6.07) is 10.4. The van der Waals surface area contributed by atoms with E-state index in [2.05, 4.69) is 34.1 Å². The summed E-state index contributed by atoms with van der Waals surface area (Å²) in [6.07, 6.45) is 8.44.